The van der Waals surface area contributed by atoms with E-state index >= 15 is 0 Å². The molecule has 0 amide bonds. The van der Waals surface area contributed by atoms with Crippen LogP contribution in [-0.2, 0) is 6.61 Å². The lowest BCUT2D eigenvalue weighted by atomic mass is 10.2. The highest BCUT2D eigenvalue weighted by Crippen LogP contribution is 2.16. The van der Waals surface area contributed by atoms with Gasteiger partial charge in [0.1, 0.15) is 18.2 Å². The van der Waals surface area contributed by atoms with Gasteiger partial charge in [-0.3, -0.25) is 5.41 Å². The van der Waals surface area contributed by atoms with Crippen molar-refractivity contribution in [3.63, 3.8) is 0 Å². The number of halogens is 1. The second-order valence-corrected chi connectivity index (χ2v) is 3.91. The molecule has 0 radical (unpaired) electrons. The lowest BCUT2D eigenvalue weighted by Gasteiger charge is -2.09. The van der Waals surface area contributed by atoms with E-state index in [0.29, 0.717) is 18.1 Å². The van der Waals surface area contributed by atoms with Crippen LogP contribution in [0.4, 0.5) is 0 Å². The molecule has 0 unspecified atom stereocenters. The number of amidine groups is 1. The summed E-state index contributed by atoms with van der Waals surface area (Å²) in [4.78, 5) is 4.08. The van der Waals surface area contributed by atoms with Crippen LogP contribution in [0.3, 0.4) is 0 Å². The number of nitrogen functional groups attached to an aromatic ring is 1. The fraction of sp³-hybridized carbons (Fsp3) is 0.143. The van der Waals surface area contributed by atoms with Crippen LogP contribution in [0.25, 0.3) is 0 Å². The highest BCUT2D eigenvalue weighted by atomic mass is 35.5. The normalized spacial score (nSPS) is 9.45. The summed E-state index contributed by atoms with van der Waals surface area (Å²) in [5, 5.41) is 7.45. The monoisotopic (exact) mass is 293 g/mol. The Bertz CT molecular complexity index is 573. The number of rotatable bonds is 5. The first kappa shape index (κ1) is 15.8. The third kappa shape index (κ3) is 3.86. The van der Waals surface area contributed by atoms with Crippen molar-refractivity contribution >= 4 is 18.2 Å². The Morgan fingerprint density at radius 3 is 2.55 bits per heavy atom. The smallest absolute Gasteiger partial charge is 0.224 e. The summed E-state index contributed by atoms with van der Waals surface area (Å²) in [6.45, 7) is 0.362. The van der Waals surface area contributed by atoms with Crippen LogP contribution in [0.15, 0.2) is 42.6 Å². The van der Waals surface area contributed by atoms with Gasteiger partial charge in [-0.1, -0.05) is 12.1 Å². The molecule has 0 atom stereocenters. The highest BCUT2D eigenvalue weighted by molar-refractivity contribution is 5.96. The lowest BCUT2D eigenvalue weighted by Crippen LogP contribution is -2.13. The molecule has 0 saturated heterocycles. The summed E-state index contributed by atoms with van der Waals surface area (Å²) in [6.07, 6.45) is 1.61. The quantitative estimate of drug-likeness (QED) is 0.655. The van der Waals surface area contributed by atoms with Gasteiger partial charge in [0.25, 0.3) is 0 Å². The van der Waals surface area contributed by atoms with E-state index in [0.717, 1.165) is 11.3 Å². The number of nitrogens with zero attached hydrogens (tertiary/aromatic N) is 1. The first-order chi connectivity index (χ1) is 9.20. The van der Waals surface area contributed by atoms with Crippen molar-refractivity contribution in [1.29, 1.82) is 5.41 Å². The summed E-state index contributed by atoms with van der Waals surface area (Å²) in [6, 6.07) is 11.0. The molecule has 20 heavy (non-hydrogen) atoms. The van der Waals surface area contributed by atoms with Gasteiger partial charge in [-0.2, -0.15) is 0 Å². The predicted molar refractivity (Wildman–Crippen MR) is 79.8 cm³/mol. The molecule has 1 heterocycles. The zero-order valence-electron chi connectivity index (χ0n) is 11.0. The van der Waals surface area contributed by atoms with Crippen molar-refractivity contribution in [2.24, 2.45) is 5.73 Å². The Labute approximate surface area is 123 Å². The van der Waals surface area contributed by atoms with Gasteiger partial charge in [-0.25, -0.2) is 4.98 Å². The fourth-order valence-electron chi connectivity index (χ4n) is 1.58. The number of ether oxygens (including phenoxy) is 2. The summed E-state index contributed by atoms with van der Waals surface area (Å²) in [5.74, 6) is 1.11. The number of pyridine rings is 1. The van der Waals surface area contributed by atoms with Crippen LogP contribution >= 0.6 is 12.4 Å². The third-order valence-electron chi connectivity index (χ3n) is 2.60. The van der Waals surface area contributed by atoms with Crippen LogP contribution in [0.2, 0.25) is 0 Å². The number of nitrogens with one attached hydrogen (secondary N) is 1. The third-order valence-corrected chi connectivity index (χ3v) is 2.60. The van der Waals surface area contributed by atoms with Crippen molar-refractivity contribution in [2.75, 3.05) is 7.11 Å². The SMILES string of the molecule is COc1ccc(COc2ncccc2C(=N)N)cc1.Cl. The second kappa shape index (κ2) is 7.35. The van der Waals surface area contributed by atoms with Crippen LogP contribution in [0.1, 0.15) is 11.1 Å². The van der Waals surface area contributed by atoms with E-state index in [-0.39, 0.29) is 18.2 Å². The van der Waals surface area contributed by atoms with Crippen LogP contribution in [-0.4, -0.2) is 17.9 Å². The highest BCUT2D eigenvalue weighted by Gasteiger charge is 2.07. The predicted octanol–water partition coefficient (Wildman–Crippen LogP) is 2.38. The average molecular weight is 294 g/mol. The van der Waals surface area contributed by atoms with Gasteiger partial charge in [0.05, 0.1) is 12.7 Å². The van der Waals surface area contributed by atoms with E-state index in [4.69, 9.17) is 20.6 Å². The molecule has 0 aliphatic heterocycles. The second-order valence-electron chi connectivity index (χ2n) is 3.91. The number of methoxy groups -OCH3 is 1. The Morgan fingerprint density at radius 2 is 1.95 bits per heavy atom. The molecule has 0 fully saturated rings. The molecule has 0 aliphatic rings. The Morgan fingerprint density at radius 1 is 1.25 bits per heavy atom. The molecule has 0 bridgehead atoms. The standard InChI is InChI=1S/C14H15N3O2.ClH/c1-18-11-6-4-10(5-7-11)9-19-14-12(13(15)16)3-2-8-17-14;/h2-8H,9H2,1H3,(H3,15,16);1H. The topological polar surface area (TPSA) is 81.2 Å². The summed E-state index contributed by atoms with van der Waals surface area (Å²) in [5.41, 5.74) is 6.95. The van der Waals surface area contributed by atoms with Crippen LogP contribution in [0, 0.1) is 5.41 Å². The maximum Gasteiger partial charge on any atom is 0.224 e. The van der Waals surface area contributed by atoms with Gasteiger partial charge in [-0.15, -0.1) is 12.4 Å². The van der Waals surface area contributed by atoms with Gasteiger partial charge in [0.15, 0.2) is 0 Å². The molecule has 1 aromatic heterocycles. The zero-order valence-corrected chi connectivity index (χ0v) is 11.8. The molecule has 0 aliphatic carbocycles. The maximum absolute atomic E-state index is 7.45. The molecule has 106 valence electrons. The first-order valence-corrected chi connectivity index (χ1v) is 5.76. The molecular weight excluding hydrogens is 278 g/mol. The van der Waals surface area contributed by atoms with E-state index in [1.165, 1.54) is 0 Å². The molecule has 5 nitrogen and oxygen atoms in total. The molecule has 6 heteroatoms. The van der Waals surface area contributed by atoms with E-state index in [1.807, 2.05) is 24.3 Å². The fourth-order valence-corrected chi connectivity index (χ4v) is 1.58. The van der Waals surface area contributed by atoms with E-state index in [2.05, 4.69) is 4.98 Å². The molecule has 0 spiro atoms. The average Bonchev–Trinajstić information content (AvgIpc) is 2.46. The molecular formula is C14H16ClN3O2. The largest absolute Gasteiger partial charge is 0.497 e. The molecule has 3 N–H and O–H groups in total. The molecule has 2 aromatic rings. The van der Waals surface area contributed by atoms with Crippen LogP contribution in [0.5, 0.6) is 11.6 Å². The van der Waals surface area contributed by atoms with Gasteiger partial charge in [0.2, 0.25) is 5.88 Å². The van der Waals surface area contributed by atoms with Crippen LogP contribution < -0.4 is 15.2 Å². The van der Waals surface area contributed by atoms with Gasteiger partial charge < -0.3 is 15.2 Å². The Kier molecular flexibility index (Phi) is 5.80. The lowest BCUT2D eigenvalue weighted by molar-refractivity contribution is 0.293. The van der Waals surface area contributed by atoms with Gasteiger partial charge in [-0.05, 0) is 29.8 Å². The zero-order chi connectivity index (χ0) is 13.7. The van der Waals surface area contributed by atoms with E-state index < -0.39 is 0 Å². The number of aromatic nitrogens is 1. The summed E-state index contributed by atoms with van der Waals surface area (Å²) >= 11 is 0. The van der Waals surface area contributed by atoms with Crippen molar-refractivity contribution < 1.29 is 9.47 Å². The number of hydrogen-bond donors (Lipinski definition) is 2. The number of benzene rings is 1. The first-order valence-electron chi connectivity index (χ1n) is 5.76. The minimum absolute atomic E-state index is 0. The minimum atomic E-state index is -0.0576. The summed E-state index contributed by atoms with van der Waals surface area (Å²) < 4.78 is 10.7. The Hall–Kier alpha value is -2.27. The Balaban J connectivity index is 0.00000200. The van der Waals surface area contributed by atoms with E-state index in [1.54, 1.807) is 25.4 Å². The summed E-state index contributed by atoms with van der Waals surface area (Å²) in [7, 11) is 1.62. The van der Waals surface area contributed by atoms with Crippen molar-refractivity contribution in [1.82, 2.24) is 4.98 Å². The molecule has 2 rings (SSSR count). The van der Waals surface area contributed by atoms with E-state index in [9.17, 15) is 0 Å². The maximum atomic E-state index is 7.45. The number of hydrogen-bond acceptors (Lipinski definition) is 4. The number of nitrogens with two attached hydrogens (primary N) is 1. The molecule has 0 saturated carbocycles. The van der Waals surface area contributed by atoms with Crippen molar-refractivity contribution in [3.05, 3.63) is 53.7 Å². The van der Waals surface area contributed by atoms with Gasteiger partial charge >= 0.3 is 0 Å². The molecule has 1 aromatic carbocycles. The van der Waals surface area contributed by atoms with Gasteiger partial charge in [0, 0.05) is 6.20 Å². The van der Waals surface area contributed by atoms with Crippen molar-refractivity contribution in [3.8, 4) is 11.6 Å². The minimum Gasteiger partial charge on any atom is -0.497 e. The van der Waals surface area contributed by atoms with Crippen molar-refractivity contribution in [2.45, 2.75) is 6.61 Å².